The molecule has 0 amide bonds. The fourth-order valence-corrected chi connectivity index (χ4v) is 2.27. The summed E-state index contributed by atoms with van der Waals surface area (Å²) in [7, 11) is 0. The van der Waals surface area contributed by atoms with Crippen LogP contribution in [-0.4, -0.2) is 14.6 Å². The average Bonchev–Trinajstić information content (AvgIpc) is 2.78. The predicted octanol–water partition coefficient (Wildman–Crippen LogP) is 3.09. The SMILES string of the molecule is Fc1cccc(CNc2ccn3ncc(I)c3n2)c1. The summed E-state index contributed by atoms with van der Waals surface area (Å²) in [4.78, 5) is 4.46. The molecule has 2 heterocycles. The number of nitrogens with zero attached hydrogens (tertiary/aromatic N) is 3. The van der Waals surface area contributed by atoms with Crippen LogP contribution in [0.5, 0.6) is 0 Å². The van der Waals surface area contributed by atoms with Crippen LogP contribution >= 0.6 is 22.6 Å². The van der Waals surface area contributed by atoms with Gasteiger partial charge >= 0.3 is 0 Å². The quantitative estimate of drug-likeness (QED) is 0.723. The lowest BCUT2D eigenvalue weighted by atomic mass is 10.2. The van der Waals surface area contributed by atoms with E-state index in [9.17, 15) is 4.39 Å². The topological polar surface area (TPSA) is 42.2 Å². The summed E-state index contributed by atoms with van der Waals surface area (Å²) in [5, 5.41) is 7.33. The molecule has 0 aliphatic carbocycles. The summed E-state index contributed by atoms with van der Waals surface area (Å²) >= 11 is 2.19. The summed E-state index contributed by atoms with van der Waals surface area (Å²) in [6, 6.07) is 8.35. The summed E-state index contributed by atoms with van der Waals surface area (Å²) in [5.41, 5.74) is 1.69. The predicted molar refractivity (Wildman–Crippen MR) is 79.4 cm³/mol. The number of anilines is 1. The minimum atomic E-state index is -0.229. The van der Waals surface area contributed by atoms with E-state index in [2.05, 4.69) is 38.0 Å². The van der Waals surface area contributed by atoms with Crippen molar-refractivity contribution in [2.45, 2.75) is 6.54 Å². The van der Waals surface area contributed by atoms with Crippen LogP contribution < -0.4 is 5.32 Å². The molecule has 2 aromatic heterocycles. The molecule has 1 N–H and O–H groups in total. The molecule has 4 nitrogen and oxygen atoms in total. The van der Waals surface area contributed by atoms with Gasteiger partial charge in [-0.3, -0.25) is 0 Å². The van der Waals surface area contributed by atoms with Crippen molar-refractivity contribution in [2.24, 2.45) is 0 Å². The van der Waals surface area contributed by atoms with Crippen LogP contribution in [0.25, 0.3) is 5.65 Å². The third-order valence-corrected chi connectivity index (χ3v) is 3.45. The number of rotatable bonds is 3. The molecular formula is C13H10FIN4. The number of nitrogens with one attached hydrogen (secondary N) is 1. The van der Waals surface area contributed by atoms with E-state index in [-0.39, 0.29) is 5.82 Å². The van der Waals surface area contributed by atoms with Crippen molar-refractivity contribution in [3.05, 3.63) is 57.7 Å². The Bertz CT molecular complexity index is 725. The minimum Gasteiger partial charge on any atom is -0.366 e. The van der Waals surface area contributed by atoms with Gasteiger partial charge in [-0.1, -0.05) is 12.1 Å². The number of hydrogen-bond acceptors (Lipinski definition) is 3. The fraction of sp³-hybridized carbons (Fsp3) is 0.0769. The third kappa shape index (κ3) is 2.67. The Kier molecular flexibility index (Phi) is 3.33. The first-order chi connectivity index (χ1) is 9.22. The average molecular weight is 368 g/mol. The molecule has 96 valence electrons. The van der Waals surface area contributed by atoms with Crippen molar-refractivity contribution in [3.8, 4) is 0 Å². The Morgan fingerprint density at radius 2 is 2.21 bits per heavy atom. The smallest absolute Gasteiger partial charge is 0.170 e. The first-order valence-electron chi connectivity index (χ1n) is 5.70. The van der Waals surface area contributed by atoms with Gasteiger partial charge in [0, 0.05) is 12.7 Å². The summed E-state index contributed by atoms with van der Waals surface area (Å²) in [5.74, 6) is 0.517. The molecule has 3 rings (SSSR count). The molecule has 0 radical (unpaired) electrons. The Morgan fingerprint density at radius 1 is 1.32 bits per heavy atom. The first kappa shape index (κ1) is 12.3. The molecule has 0 unspecified atom stereocenters. The second-order valence-electron chi connectivity index (χ2n) is 4.06. The van der Waals surface area contributed by atoms with E-state index in [1.165, 1.54) is 12.1 Å². The van der Waals surface area contributed by atoms with Crippen LogP contribution in [0.2, 0.25) is 0 Å². The zero-order chi connectivity index (χ0) is 13.2. The molecule has 0 bridgehead atoms. The number of benzene rings is 1. The molecule has 0 saturated heterocycles. The largest absolute Gasteiger partial charge is 0.366 e. The molecule has 0 fully saturated rings. The molecule has 0 atom stereocenters. The van der Waals surface area contributed by atoms with Gasteiger partial charge in [0.2, 0.25) is 0 Å². The zero-order valence-corrected chi connectivity index (χ0v) is 12.0. The Hall–Kier alpha value is -1.70. The van der Waals surface area contributed by atoms with Crippen LogP contribution in [-0.2, 0) is 6.54 Å². The van der Waals surface area contributed by atoms with Crippen LogP contribution in [0.15, 0.2) is 42.7 Å². The highest BCUT2D eigenvalue weighted by molar-refractivity contribution is 14.1. The molecule has 0 aliphatic heterocycles. The van der Waals surface area contributed by atoms with Crippen molar-refractivity contribution in [3.63, 3.8) is 0 Å². The maximum atomic E-state index is 13.1. The van der Waals surface area contributed by atoms with Crippen LogP contribution in [0.1, 0.15) is 5.56 Å². The Labute approximate surface area is 122 Å². The standard InChI is InChI=1S/C13H10FIN4/c14-10-3-1-2-9(6-10)7-16-12-4-5-19-13(18-12)11(15)8-17-19/h1-6,8H,7H2,(H,16,18). The second-order valence-corrected chi connectivity index (χ2v) is 5.22. The van der Waals surface area contributed by atoms with Crippen molar-refractivity contribution in [1.82, 2.24) is 14.6 Å². The number of fused-ring (bicyclic) bond motifs is 1. The lowest BCUT2D eigenvalue weighted by molar-refractivity contribution is 0.626. The monoisotopic (exact) mass is 368 g/mol. The highest BCUT2D eigenvalue weighted by Crippen LogP contribution is 2.14. The zero-order valence-electron chi connectivity index (χ0n) is 9.85. The lowest BCUT2D eigenvalue weighted by Gasteiger charge is -2.06. The molecule has 1 aromatic carbocycles. The van der Waals surface area contributed by atoms with Gasteiger partial charge in [-0.15, -0.1) is 0 Å². The van der Waals surface area contributed by atoms with E-state index in [0.717, 1.165) is 20.6 Å². The van der Waals surface area contributed by atoms with Crippen LogP contribution in [0.4, 0.5) is 10.2 Å². The molecule has 6 heteroatoms. The van der Waals surface area contributed by atoms with Crippen molar-refractivity contribution >= 4 is 34.1 Å². The van der Waals surface area contributed by atoms with Crippen molar-refractivity contribution in [2.75, 3.05) is 5.32 Å². The number of aromatic nitrogens is 3. The highest BCUT2D eigenvalue weighted by Gasteiger charge is 2.03. The normalized spacial score (nSPS) is 10.8. The summed E-state index contributed by atoms with van der Waals surface area (Å²) in [6.07, 6.45) is 3.61. The second kappa shape index (κ2) is 5.12. The van der Waals surface area contributed by atoms with Gasteiger partial charge in [0.1, 0.15) is 11.6 Å². The van der Waals surface area contributed by atoms with Gasteiger partial charge in [-0.05, 0) is 46.4 Å². The maximum absolute atomic E-state index is 13.1. The molecule has 0 aliphatic rings. The highest BCUT2D eigenvalue weighted by atomic mass is 127. The number of hydrogen-bond donors (Lipinski definition) is 1. The van der Waals surface area contributed by atoms with Crippen molar-refractivity contribution in [1.29, 1.82) is 0 Å². The van der Waals surface area contributed by atoms with Gasteiger partial charge in [-0.2, -0.15) is 5.10 Å². The van der Waals surface area contributed by atoms with Gasteiger partial charge in [0.25, 0.3) is 0 Å². The van der Waals surface area contributed by atoms with Gasteiger partial charge in [0.15, 0.2) is 5.65 Å². The van der Waals surface area contributed by atoms with E-state index < -0.39 is 0 Å². The van der Waals surface area contributed by atoms with Crippen LogP contribution in [0, 0.1) is 9.39 Å². The molecule has 0 saturated carbocycles. The van der Waals surface area contributed by atoms with E-state index in [4.69, 9.17) is 0 Å². The van der Waals surface area contributed by atoms with E-state index in [0.29, 0.717) is 6.54 Å². The molecule has 0 spiro atoms. The fourth-order valence-electron chi connectivity index (χ4n) is 1.78. The van der Waals surface area contributed by atoms with Gasteiger partial charge in [0.05, 0.1) is 9.77 Å². The summed E-state index contributed by atoms with van der Waals surface area (Å²) < 4.78 is 15.8. The summed E-state index contributed by atoms with van der Waals surface area (Å²) in [6.45, 7) is 0.533. The number of halogens is 2. The maximum Gasteiger partial charge on any atom is 0.170 e. The Balaban J connectivity index is 1.79. The van der Waals surface area contributed by atoms with Crippen molar-refractivity contribution < 1.29 is 4.39 Å². The van der Waals surface area contributed by atoms with Gasteiger partial charge in [-0.25, -0.2) is 13.9 Å². The lowest BCUT2D eigenvalue weighted by Crippen LogP contribution is -2.03. The van der Waals surface area contributed by atoms with E-state index >= 15 is 0 Å². The van der Waals surface area contributed by atoms with E-state index in [1.54, 1.807) is 16.8 Å². The molecule has 3 aromatic rings. The van der Waals surface area contributed by atoms with E-state index in [1.807, 2.05) is 18.3 Å². The first-order valence-corrected chi connectivity index (χ1v) is 6.78. The molecule has 19 heavy (non-hydrogen) atoms. The van der Waals surface area contributed by atoms with Gasteiger partial charge < -0.3 is 5.32 Å². The molecular weight excluding hydrogens is 358 g/mol. The van der Waals surface area contributed by atoms with Crippen LogP contribution in [0.3, 0.4) is 0 Å². The Morgan fingerprint density at radius 3 is 3.05 bits per heavy atom. The third-order valence-electron chi connectivity index (χ3n) is 2.69. The minimum absolute atomic E-state index is 0.229.